The minimum Gasteiger partial charge on any atom is -0.496 e. The highest BCUT2D eigenvalue weighted by Gasteiger charge is 2.24. The van der Waals surface area contributed by atoms with Crippen molar-refractivity contribution in [3.05, 3.63) is 39.3 Å². The van der Waals surface area contributed by atoms with Gasteiger partial charge in [-0.25, -0.2) is 9.78 Å². The van der Waals surface area contributed by atoms with Gasteiger partial charge in [-0.3, -0.25) is 14.9 Å². The number of aromatic nitrogens is 1. The van der Waals surface area contributed by atoms with Crippen molar-refractivity contribution >= 4 is 60.6 Å². The molecule has 0 aliphatic heterocycles. The number of fused-ring (bicyclic) bond motifs is 1. The minimum atomic E-state index is -1.16. The molecule has 0 bridgehead atoms. The van der Waals surface area contributed by atoms with Gasteiger partial charge in [0.25, 0.3) is 11.6 Å². The second-order valence-corrected chi connectivity index (χ2v) is 8.39. The molecule has 0 aliphatic carbocycles. The number of benzene rings is 1. The van der Waals surface area contributed by atoms with Crippen molar-refractivity contribution in [3.63, 3.8) is 0 Å². The molecule has 158 valence electrons. The van der Waals surface area contributed by atoms with E-state index in [0.717, 1.165) is 9.83 Å². The van der Waals surface area contributed by atoms with Crippen molar-refractivity contribution < 1.29 is 24.0 Å². The predicted octanol–water partition coefficient (Wildman–Crippen LogP) is 3.52. The Labute approximate surface area is 179 Å². The standard InChI is InChI=1S/C18H18N4O6S2/c1-9(15(23)19-11-6-5-10(27-4)7-12(11)22(25)26)28-17(24)14-8-13-16(29-14)20-18(30-13)21(2)3/h5-9H,1-4H3,(H,19,23). The Bertz CT molecular complexity index is 1090. The van der Waals surface area contributed by atoms with Crippen LogP contribution in [0.1, 0.15) is 16.6 Å². The predicted molar refractivity (Wildman–Crippen MR) is 115 cm³/mol. The lowest BCUT2D eigenvalue weighted by atomic mass is 10.2. The summed E-state index contributed by atoms with van der Waals surface area (Å²) in [6.07, 6.45) is -1.16. The molecule has 0 spiro atoms. The lowest BCUT2D eigenvalue weighted by Crippen LogP contribution is -2.30. The molecule has 0 radical (unpaired) electrons. The van der Waals surface area contributed by atoms with Crippen LogP contribution in [0.5, 0.6) is 5.75 Å². The molecular weight excluding hydrogens is 432 g/mol. The van der Waals surface area contributed by atoms with Crippen molar-refractivity contribution in [2.45, 2.75) is 13.0 Å². The van der Waals surface area contributed by atoms with Gasteiger partial charge >= 0.3 is 5.97 Å². The molecule has 3 aromatic rings. The summed E-state index contributed by atoms with van der Waals surface area (Å²) in [5, 5.41) is 14.5. The topological polar surface area (TPSA) is 124 Å². The van der Waals surface area contributed by atoms with Crippen LogP contribution in [0.15, 0.2) is 24.3 Å². The zero-order chi connectivity index (χ0) is 22.0. The van der Waals surface area contributed by atoms with Gasteiger partial charge in [-0.2, -0.15) is 0 Å². The number of nitro groups is 1. The average molecular weight is 450 g/mol. The van der Waals surface area contributed by atoms with E-state index < -0.39 is 22.9 Å². The van der Waals surface area contributed by atoms with Crippen LogP contribution in [0, 0.1) is 10.1 Å². The van der Waals surface area contributed by atoms with Crippen molar-refractivity contribution in [1.82, 2.24) is 4.98 Å². The molecule has 2 heterocycles. The highest BCUT2D eigenvalue weighted by Crippen LogP contribution is 2.34. The average Bonchev–Trinajstić information content (AvgIpc) is 3.27. The third-order valence-corrected chi connectivity index (χ3v) is 6.28. The third-order valence-electron chi connectivity index (χ3n) is 3.97. The first-order valence-corrected chi connectivity index (χ1v) is 10.2. The fraction of sp³-hybridized carbons (Fsp3) is 0.278. The van der Waals surface area contributed by atoms with E-state index in [-0.39, 0.29) is 17.1 Å². The molecule has 0 saturated carbocycles. The van der Waals surface area contributed by atoms with E-state index in [1.807, 2.05) is 19.0 Å². The smallest absolute Gasteiger partial charge is 0.349 e. The van der Waals surface area contributed by atoms with Crippen LogP contribution in [-0.4, -0.2) is 49.1 Å². The highest BCUT2D eigenvalue weighted by atomic mass is 32.1. The molecule has 1 aromatic carbocycles. The van der Waals surface area contributed by atoms with E-state index in [1.165, 1.54) is 54.9 Å². The molecule has 1 atom stereocenters. The normalized spacial score (nSPS) is 11.7. The van der Waals surface area contributed by atoms with Gasteiger partial charge in [0.15, 0.2) is 11.2 Å². The van der Waals surface area contributed by atoms with E-state index in [1.54, 1.807) is 6.07 Å². The third kappa shape index (κ3) is 4.49. The van der Waals surface area contributed by atoms with E-state index >= 15 is 0 Å². The number of carbonyl (C=O) groups is 2. The summed E-state index contributed by atoms with van der Waals surface area (Å²) in [7, 11) is 5.14. The first kappa shape index (κ1) is 21.5. The van der Waals surface area contributed by atoms with Gasteiger partial charge < -0.3 is 19.7 Å². The Morgan fingerprint density at radius 2 is 2.00 bits per heavy atom. The maximum atomic E-state index is 12.4. The number of hydrogen-bond donors (Lipinski definition) is 1. The molecule has 0 saturated heterocycles. The van der Waals surface area contributed by atoms with Gasteiger partial charge in [0.05, 0.1) is 22.8 Å². The molecule has 3 rings (SSSR count). The zero-order valence-corrected chi connectivity index (χ0v) is 18.1. The second-order valence-electron chi connectivity index (χ2n) is 6.35. The summed E-state index contributed by atoms with van der Waals surface area (Å²) in [6, 6.07) is 5.70. The number of hydrogen-bond acceptors (Lipinski definition) is 10. The van der Waals surface area contributed by atoms with Gasteiger partial charge in [-0.15, -0.1) is 11.3 Å². The molecule has 10 nitrogen and oxygen atoms in total. The number of nitrogens with one attached hydrogen (secondary N) is 1. The summed E-state index contributed by atoms with van der Waals surface area (Å²) < 4.78 is 11.0. The van der Waals surface area contributed by atoms with E-state index in [9.17, 15) is 19.7 Å². The fourth-order valence-corrected chi connectivity index (χ4v) is 4.43. The number of anilines is 2. The molecule has 12 heteroatoms. The summed E-state index contributed by atoms with van der Waals surface area (Å²) in [5.41, 5.74) is -0.353. The summed E-state index contributed by atoms with van der Waals surface area (Å²) >= 11 is 2.62. The van der Waals surface area contributed by atoms with Crippen LogP contribution in [0.2, 0.25) is 0 Å². The number of nitro benzene ring substituents is 1. The first-order valence-electron chi connectivity index (χ1n) is 8.61. The molecule has 1 amide bonds. The largest absolute Gasteiger partial charge is 0.496 e. The number of carbonyl (C=O) groups excluding carboxylic acids is 2. The summed E-state index contributed by atoms with van der Waals surface area (Å²) in [4.78, 5) is 42.7. The number of esters is 1. The Morgan fingerprint density at radius 3 is 2.60 bits per heavy atom. The first-order chi connectivity index (χ1) is 14.2. The van der Waals surface area contributed by atoms with E-state index in [2.05, 4.69) is 10.3 Å². The lowest BCUT2D eigenvalue weighted by molar-refractivity contribution is -0.384. The Morgan fingerprint density at radius 1 is 1.27 bits per heavy atom. The van der Waals surface area contributed by atoms with Crippen molar-refractivity contribution in [2.24, 2.45) is 0 Å². The molecule has 30 heavy (non-hydrogen) atoms. The second kappa shape index (κ2) is 8.63. The van der Waals surface area contributed by atoms with Crippen molar-refractivity contribution in [3.8, 4) is 5.75 Å². The number of thiazole rings is 1. The Kier molecular flexibility index (Phi) is 6.17. The fourth-order valence-electron chi connectivity index (χ4n) is 2.42. The van der Waals surface area contributed by atoms with Gasteiger partial charge in [-0.05, 0) is 25.1 Å². The number of ether oxygens (including phenoxy) is 2. The Balaban J connectivity index is 1.69. The van der Waals surface area contributed by atoms with Crippen molar-refractivity contribution in [1.29, 1.82) is 0 Å². The summed E-state index contributed by atoms with van der Waals surface area (Å²) in [6.45, 7) is 1.39. The maximum absolute atomic E-state index is 12.4. The molecule has 0 aliphatic rings. The quantitative estimate of drug-likeness (QED) is 0.329. The van der Waals surface area contributed by atoms with Crippen LogP contribution in [0.3, 0.4) is 0 Å². The summed E-state index contributed by atoms with van der Waals surface area (Å²) in [5.74, 6) is -1.07. The van der Waals surface area contributed by atoms with Crippen LogP contribution >= 0.6 is 22.7 Å². The maximum Gasteiger partial charge on any atom is 0.349 e. The van der Waals surface area contributed by atoms with Crippen LogP contribution in [0.25, 0.3) is 9.53 Å². The minimum absolute atomic E-state index is 0.0225. The van der Waals surface area contributed by atoms with Crippen LogP contribution < -0.4 is 15.0 Å². The van der Waals surface area contributed by atoms with Gasteiger partial charge in [-0.1, -0.05) is 11.3 Å². The molecular formula is C18H18N4O6S2. The molecule has 1 unspecified atom stereocenters. The monoisotopic (exact) mass is 450 g/mol. The number of methoxy groups -OCH3 is 1. The highest BCUT2D eigenvalue weighted by molar-refractivity contribution is 7.29. The van der Waals surface area contributed by atoms with E-state index in [0.29, 0.717) is 9.71 Å². The van der Waals surface area contributed by atoms with E-state index in [4.69, 9.17) is 9.47 Å². The van der Waals surface area contributed by atoms with Gasteiger partial charge in [0.2, 0.25) is 0 Å². The molecule has 2 aromatic heterocycles. The Hall–Kier alpha value is -3.25. The van der Waals surface area contributed by atoms with Gasteiger partial charge in [0.1, 0.15) is 21.1 Å². The molecule has 1 N–H and O–H groups in total. The number of nitrogens with zero attached hydrogens (tertiary/aromatic N) is 3. The number of thiophene rings is 1. The molecule has 0 fully saturated rings. The number of amides is 1. The van der Waals surface area contributed by atoms with Gasteiger partial charge in [0, 0.05) is 14.1 Å². The zero-order valence-electron chi connectivity index (χ0n) is 16.5. The van der Waals surface area contributed by atoms with Crippen LogP contribution in [0.4, 0.5) is 16.5 Å². The number of rotatable bonds is 7. The van der Waals surface area contributed by atoms with Crippen LogP contribution in [-0.2, 0) is 9.53 Å². The SMILES string of the molecule is COc1ccc(NC(=O)C(C)OC(=O)c2cc3sc(N(C)C)nc3s2)c([N+](=O)[O-])c1. The lowest BCUT2D eigenvalue weighted by Gasteiger charge is -2.13. The van der Waals surface area contributed by atoms with Crippen molar-refractivity contribution in [2.75, 3.05) is 31.4 Å².